The van der Waals surface area contributed by atoms with E-state index in [4.69, 9.17) is 5.11 Å². The van der Waals surface area contributed by atoms with Crippen molar-refractivity contribution in [2.75, 3.05) is 11.4 Å². The second kappa shape index (κ2) is 5.02. The number of halogens is 3. The third kappa shape index (κ3) is 2.99. The molecule has 1 heterocycles. The summed E-state index contributed by atoms with van der Waals surface area (Å²) in [6, 6.07) is 5.31. The number of alkyl halides is 3. The van der Waals surface area contributed by atoms with Crippen LogP contribution in [0.15, 0.2) is 33.6 Å². The van der Waals surface area contributed by atoms with Crippen molar-refractivity contribution in [1.82, 2.24) is 0 Å². The largest absolute Gasteiger partial charge is 0.481 e. The van der Waals surface area contributed by atoms with Gasteiger partial charge < -0.3 is 10.0 Å². The van der Waals surface area contributed by atoms with Gasteiger partial charge in [0.1, 0.15) is 11.2 Å². The highest BCUT2D eigenvalue weighted by Gasteiger charge is 2.46. The molecule has 10 heteroatoms. The molecular formula is C11H9F3N2O4S. The fraction of sp³-hybridized carbons (Fsp3) is 0.273. The third-order valence-electron chi connectivity index (χ3n) is 2.85. The van der Waals surface area contributed by atoms with Crippen LogP contribution >= 0.6 is 0 Å². The minimum Gasteiger partial charge on any atom is -0.481 e. The summed E-state index contributed by atoms with van der Waals surface area (Å²) in [6.45, 7) is -0.963. The Morgan fingerprint density at radius 1 is 1.33 bits per heavy atom. The number of anilines is 1. The lowest BCUT2D eigenvalue weighted by Gasteiger charge is -2.28. The molecule has 6 nitrogen and oxygen atoms in total. The van der Waals surface area contributed by atoms with Crippen molar-refractivity contribution in [3.63, 3.8) is 0 Å². The number of hydrogen-bond donors (Lipinski definition) is 1. The Morgan fingerprint density at radius 2 is 1.95 bits per heavy atom. The number of rotatable bonds is 3. The highest BCUT2D eigenvalue weighted by Crippen LogP contribution is 2.33. The molecule has 0 radical (unpaired) electrons. The first-order valence-electron chi connectivity index (χ1n) is 5.58. The van der Waals surface area contributed by atoms with Crippen molar-refractivity contribution in [2.24, 2.45) is 10.3 Å². The van der Waals surface area contributed by atoms with Gasteiger partial charge in [0.25, 0.3) is 10.0 Å². The monoisotopic (exact) mass is 322 g/mol. The zero-order valence-corrected chi connectivity index (χ0v) is 11.1. The minimum absolute atomic E-state index is 0.0389. The molecule has 1 aromatic rings. The van der Waals surface area contributed by atoms with Gasteiger partial charge in [0, 0.05) is 6.54 Å². The van der Waals surface area contributed by atoms with E-state index >= 15 is 0 Å². The van der Waals surface area contributed by atoms with Crippen molar-refractivity contribution in [2.45, 2.75) is 11.1 Å². The zero-order valence-electron chi connectivity index (χ0n) is 10.3. The molecule has 0 fully saturated rings. The molecular weight excluding hydrogens is 313 g/mol. The molecule has 114 valence electrons. The van der Waals surface area contributed by atoms with Crippen LogP contribution in [0.5, 0.6) is 0 Å². The van der Waals surface area contributed by atoms with Gasteiger partial charge in [-0.25, -0.2) is 0 Å². The average molecular weight is 322 g/mol. The lowest BCUT2D eigenvalue weighted by molar-refractivity contribution is -0.191. The number of para-hydroxylation sites is 1. The summed E-state index contributed by atoms with van der Waals surface area (Å²) >= 11 is 0. The predicted octanol–water partition coefficient (Wildman–Crippen LogP) is 1.49. The van der Waals surface area contributed by atoms with Gasteiger partial charge in [-0.15, -0.1) is 4.40 Å². The third-order valence-corrected chi connectivity index (χ3v) is 4.12. The Hall–Kier alpha value is -2.10. The number of benzene rings is 1. The number of carbonyl (C=O) groups is 1. The first-order valence-corrected chi connectivity index (χ1v) is 7.02. The topological polar surface area (TPSA) is 87.0 Å². The van der Waals surface area contributed by atoms with E-state index in [0.717, 1.165) is 4.90 Å². The van der Waals surface area contributed by atoms with E-state index in [-0.39, 0.29) is 10.6 Å². The van der Waals surface area contributed by atoms with E-state index in [0.29, 0.717) is 6.34 Å². The van der Waals surface area contributed by atoms with Gasteiger partial charge in [-0.2, -0.15) is 21.6 Å². The van der Waals surface area contributed by atoms with Crippen LogP contribution in [0.3, 0.4) is 0 Å². The Bertz CT molecular complexity index is 700. The fourth-order valence-electron chi connectivity index (χ4n) is 1.81. The summed E-state index contributed by atoms with van der Waals surface area (Å²) in [5.41, 5.74) is -0.0389. The number of aliphatic carboxylic acids is 1. The molecule has 0 amide bonds. The Morgan fingerprint density at radius 3 is 2.52 bits per heavy atom. The van der Waals surface area contributed by atoms with Crippen molar-refractivity contribution in [3.8, 4) is 0 Å². The molecule has 1 atom stereocenters. The quantitative estimate of drug-likeness (QED) is 0.911. The average Bonchev–Trinajstić information content (AvgIpc) is 2.36. The normalized spacial score (nSPS) is 18.1. The molecule has 0 saturated carbocycles. The van der Waals surface area contributed by atoms with Crippen LogP contribution in [0.2, 0.25) is 0 Å². The molecule has 0 saturated heterocycles. The molecule has 0 aliphatic carbocycles. The summed E-state index contributed by atoms with van der Waals surface area (Å²) < 4.78 is 64.6. The molecule has 2 rings (SSSR count). The summed E-state index contributed by atoms with van der Waals surface area (Å²) in [5, 5.41) is 8.68. The van der Waals surface area contributed by atoms with E-state index in [1.807, 2.05) is 0 Å². The van der Waals surface area contributed by atoms with Gasteiger partial charge in [0.05, 0.1) is 5.69 Å². The van der Waals surface area contributed by atoms with E-state index < -0.39 is 34.6 Å². The van der Waals surface area contributed by atoms with Gasteiger partial charge in [-0.3, -0.25) is 4.79 Å². The van der Waals surface area contributed by atoms with Crippen LogP contribution in [0, 0.1) is 5.92 Å². The van der Waals surface area contributed by atoms with E-state index in [1.165, 1.54) is 24.3 Å². The predicted molar refractivity (Wildman–Crippen MR) is 66.6 cm³/mol. The number of hydrogen-bond acceptors (Lipinski definition) is 4. The van der Waals surface area contributed by atoms with Crippen LogP contribution in [-0.2, 0) is 14.8 Å². The first kappa shape index (κ1) is 15.3. The van der Waals surface area contributed by atoms with E-state index in [9.17, 15) is 26.4 Å². The lowest BCUT2D eigenvalue weighted by atomic mass is 10.1. The zero-order chi connectivity index (χ0) is 15.8. The fourth-order valence-corrected chi connectivity index (χ4v) is 2.87. The molecule has 1 N–H and O–H groups in total. The molecule has 0 bridgehead atoms. The maximum Gasteiger partial charge on any atom is 0.403 e. The smallest absolute Gasteiger partial charge is 0.403 e. The molecule has 0 aromatic heterocycles. The minimum atomic E-state index is -4.95. The van der Waals surface area contributed by atoms with Crippen molar-refractivity contribution in [3.05, 3.63) is 24.3 Å². The van der Waals surface area contributed by atoms with Gasteiger partial charge >= 0.3 is 12.1 Å². The van der Waals surface area contributed by atoms with Crippen LogP contribution < -0.4 is 4.90 Å². The summed E-state index contributed by atoms with van der Waals surface area (Å²) in [4.78, 5) is 11.3. The van der Waals surface area contributed by atoms with Crippen LogP contribution in [0.25, 0.3) is 0 Å². The van der Waals surface area contributed by atoms with Gasteiger partial charge in [0.15, 0.2) is 5.92 Å². The summed E-state index contributed by atoms with van der Waals surface area (Å²) in [6.07, 6.45) is -4.26. The van der Waals surface area contributed by atoms with Crippen molar-refractivity contribution >= 4 is 28.0 Å². The number of carboxylic acids is 1. The van der Waals surface area contributed by atoms with Crippen LogP contribution in [0.4, 0.5) is 18.9 Å². The highest BCUT2D eigenvalue weighted by molar-refractivity contribution is 7.90. The first-order chi connectivity index (χ1) is 9.63. The Balaban J connectivity index is 2.41. The molecule has 1 aromatic carbocycles. The lowest BCUT2D eigenvalue weighted by Crippen LogP contribution is -2.42. The molecule has 0 spiro atoms. The summed E-state index contributed by atoms with van der Waals surface area (Å²) in [7, 11) is -3.97. The second-order valence-corrected chi connectivity index (χ2v) is 5.85. The maximum absolute atomic E-state index is 12.7. The van der Waals surface area contributed by atoms with Crippen molar-refractivity contribution in [1.29, 1.82) is 0 Å². The second-order valence-electron chi connectivity index (χ2n) is 4.25. The van der Waals surface area contributed by atoms with Gasteiger partial charge in [-0.05, 0) is 12.1 Å². The van der Waals surface area contributed by atoms with Crippen LogP contribution in [-0.4, -0.2) is 38.6 Å². The summed E-state index contributed by atoms with van der Waals surface area (Å²) in [5.74, 6) is -4.69. The SMILES string of the molecule is O=C(O)C(CN1C=NS(=O)(=O)c2ccccc21)C(F)(F)F. The van der Waals surface area contributed by atoms with Crippen LogP contribution in [0.1, 0.15) is 0 Å². The molecule has 1 unspecified atom stereocenters. The molecule has 21 heavy (non-hydrogen) atoms. The highest BCUT2D eigenvalue weighted by atomic mass is 32.2. The Labute approximate surface area is 117 Å². The number of sulfonamides is 1. The Kier molecular flexibility index (Phi) is 3.66. The van der Waals surface area contributed by atoms with Gasteiger partial charge in [-0.1, -0.05) is 12.1 Å². The molecule has 1 aliphatic heterocycles. The maximum atomic E-state index is 12.7. The van der Waals surface area contributed by atoms with E-state index in [2.05, 4.69) is 4.40 Å². The number of nitrogens with zero attached hydrogens (tertiary/aromatic N) is 2. The molecule has 1 aliphatic rings. The van der Waals surface area contributed by atoms with E-state index in [1.54, 1.807) is 0 Å². The standard InChI is InChI=1S/C11H9F3N2O4S/c12-11(13,14)7(10(17)18)5-16-6-15-21(19,20)9-4-2-1-3-8(9)16/h1-4,6-7H,5H2,(H,17,18). The van der Waals surface area contributed by atoms with Gasteiger partial charge in [0.2, 0.25) is 0 Å². The number of fused-ring (bicyclic) bond motifs is 1. The number of carboxylic acid groups (broad SMARTS) is 1. The van der Waals surface area contributed by atoms with Crippen molar-refractivity contribution < 1.29 is 31.5 Å².